The molecule has 96 valence electrons. The zero-order valence-corrected chi connectivity index (χ0v) is 10.9. The number of fused-ring (bicyclic) bond motifs is 1. The van der Waals surface area contributed by atoms with Crippen molar-refractivity contribution in [1.82, 2.24) is 9.61 Å². The monoisotopic (exact) mass is 267 g/mol. The number of aromatic nitrogens is 2. The quantitative estimate of drug-likeness (QED) is 0.920. The molecule has 0 aromatic carbocycles. The van der Waals surface area contributed by atoms with Gasteiger partial charge in [0.05, 0.1) is 29.1 Å². The number of halogens is 1. The number of hydrogen-bond donors (Lipinski definition) is 1. The average Bonchev–Trinajstić information content (AvgIpc) is 2.67. The van der Waals surface area contributed by atoms with Crippen molar-refractivity contribution in [2.45, 2.75) is 19.4 Å². The predicted molar refractivity (Wildman–Crippen MR) is 68.9 cm³/mol. The Balaban J connectivity index is 0.00000162. The van der Waals surface area contributed by atoms with Crippen molar-refractivity contribution in [3.05, 3.63) is 30.1 Å². The van der Waals surface area contributed by atoms with Gasteiger partial charge in [-0.05, 0) is 26.0 Å². The van der Waals surface area contributed by atoms with Crippen LogP contribution in [-0.4, -0.2) is 26.9 Å². The number of nitriles is 1. The number of hydrogen-bond acceptors (Lipinski definition) is 4. The van der Waals surface area contributed by atoms with Crippen molar-refractivity contribution in [2.24, 2.45) is 0 Å². The van der Waals surface area contributed by atoms with E-state index in [0.29, 0.717) is 11.3 Å². The topological polar surface area (TPSA) is 70.5 Å². The largest absolute Gasteiger partial charge is 0.489 e. The van der Waals surface area contributed by atoms with Crippen LogP contribution in [0.2, 0.25) is 0 Å². The van der Waals surface area contributed by atoms with E-state index in [4.69, 9.17) is 10.00 Å². The van der Waals surface area contributed by atoms with Crippen molar-refractivity contribution in [2.75, 3.05) is 6.61 Å². The van der Waals surface area contributed by atoms with Gasteiger partial charge in [0.2, 0.25) is 0 Å². The van der Waals surface area contributed by atoms with Crippen LogP contribution < -0.4 is 4.74 Å². The second-order valence-corrected chi connectivity index (χ2v) is 4.47. The second-order valence-electron chi connectivity index (χ2n) is 4.47. The third-order valence-electron chi connectivity index (χ3n) is 2.20. The zero-order chi connectivity index (χ0) is 12.5. The van der Waals surface area contributed by atoms with Crippen LogP contribution in [0.4, 0.5) is 0 Å². The van der Waals surface area contributed by atoms with Gasteiger partial charge in [-0.2, -0.15) is 10.4 Å². The maximum Gasteiger partial charge on any atom is 0.137 e. The van der Waals surface area contributed by atoms with Gasteiger partial charge in [0.25, 0.3) is 0 Å². The molecule has 0 aliphatic rings. The van der Waals surface area contributed by atoms with Crippen LogP contribution in [0.15, 0.2) is 24.5 Å². The molecule has 0 aliphatic heterocycles. The van der Waals surface area contributed by atoms with E-state index in [1.807, 2.05) is 0 Å². The summed E-state index contributed by atoms with van der Waals surface area (Å²) in [4.78, 5) is 0. The third-order valence-corrected chi connectivity index (χ3v) is 2.20. The van der Waals surface area contributed by atoms with E-state index >= 15 is 0 Å². The lowest BCUT2D eigenvalue weighted by Crippen LogP contribution is -2.27. The van der Waals surface area contributed by atoms with Gasteiger partial charge in [-0.15, -0.1) is 12.4 Å². The number of ether oxygens (including phenoxy) is 1. The standard InChI is InChI=1S/C12H13N3O2.ClH/c1-12(2,16)8-17-10-3-4-11-9(5-13)6-14-15(11)7-10;/h3-4,6-7,16H,8H2,1-2H3;1H. The predicted octanol–water partition coefficient (Wildman–Crippen LogP) is 1.78. The van der Waals surface area contributed by atoms with Gasteiger partial charge in [-0.3, -0.25) is 0 Å². The SMILES string of the molecule is CC(C)(O)COc1ccc2c(C#N)cnn2c1.Cl. The van der Waals surface area contributed by atoms with Gasteiger partial charge in [0, 0.05) is 0 Å². The minimum atomic E-state index is -0.878. The maximum absolute atomic E-state index is 9.54. The molecule has 2 aromatic rings. The highest BCUT2D eigenvalue weighted by Crippen LogP contribution is 2.17. The van der Waals surface area contributed by atoms with E-state index in [2.05, 4.69) is 11.2 Å². The Morgan fingerprint density at radius 2 is 2.22 bits per heavy atom. The number of nitrogens with zero attached hydrogens (tertiary/aromatic N) is 3. The summed E-state index contributed by atoms with van der Waals surface area (Å²) < 4.78 is 7.01. The van der Waals surface area contributed by atoms with Gasteiger partial charge in [0.15, 0.2) is 0 Å². The number of rotatable bonds is 3. The Labute approximate surface area is 111 Å². The van der Waals surface area contributed by atoms with Gasteiger partial charge < -0.3 is 9.84 Å². The molecule has 2 aromatic heterocycles. The van der Waals surface area contributed by atoms with Gasteiger partial charge >= 0.3 is 0 Å². The molecular weight excluding hydrogens is 254 g/mol. The summed E-state index contributed by atoms with van der Waals surface area (Å²) in [5.41, 5.74) is 0.388. The van der Waals surface area contributed by atoms with Crippen LogP contribution in [0, 0.1) is 11.3 Å². The molecule has 5 nitrogen and oxygen atoms in total. The molecule has 0 atom stereocenters. The van der Waals surface area contributed by atoms with Crippen LogP contribution in [0.3, 0.4) is 0 Å². The fraction of sp³-hybridized carbons (Fsp3) is 0.333. The van der Waals surface area contributed by atoms with E-state index in [9.17, 15) is 5.11 Å². The van der Waals surface area contributed by atoms with E-state index in [-0.39, 0.29) is 19.0 Å². The first kappa shape index (κ1) is 14.3. The van der Waals surface area contributed by atoms with E-state index in [0.717, 1.165) is 5.52 Å². The lowest BCUT2D eigenvalue weighted by molar-refractivity contribution is 0.0283. The highest BCUT2D eigenvalue weighted by Gasteiger charge is 2.13. The molecule has 0 aliphatic carbocycles. The van der Waals surface area contributed by atoms with E-state index < -0.39 is 5.60 Å². The van der Waals surface area contributed by atoms with E-state index in [1.54, 1.807) is 36.7 Å². The zero-order valence-electron chi connectivity index (χ0n) is 10.1. The first-order valence-corrected chi connectivity index (χ1v) is 5.22. The molecule has 2 heterocycles. The number of aliphatic hydroxyl groups is 1. The molecule has 18 heavy (non-hydrogen) atoms. The second kappa shape index (κ2) is 5.25. The summed E-state index contributed by atoms with van der Waals surface area (Å²) in [7, 11) is 0. The molecule has 0 unspecified atom stereocenters. The first-order valence-electron chi connectivity index (χ1n) is 5.22. The first-order chi connectivity index (χ1) is 7.99. The highest BCUT2D eigenvalue weighted by atomic mass is 35.5. The van der Waals surface area contributed by atoms with Crippen LogP contribution in [-0.2, 0) is 0 Å². The van der Waals surface area contributed by atoms with Crippen molar-refractivity contribution in [3.8, 4) is 11.8 Å². The molecule has 0 amide bonds. The summed E-state index contributed by atoms with van der Waals surface area (Å²) >= 11 is 0. The van der Waals surface area contributed by atoms with Crippen LogP contribution >= 0.6 is 12.4 Å². The van der Waals surface area contributed by atoms with Crippen molar-refractivity contribution < 1.29 is 9.84 Å². The average molecular weight is 268 g/mol. The molecule has 0 spiro atoms. The fourth-order valence-electron chi connectivity index (χ4n) is 1.40. The lowest BCUT2D eigenvalue weighted by atomic mass is 10.2. The lowest BCUT2D eigenvalue weighted by Gasteiger charge is -2.17. The fourth-order valence-corrected chi connectivity index (χ4v) is 1.40. The Bertz CT molecular complexity index is 581. The molecule has 0 radical (unpaired) electrons. The molecule has 0 saturated heterocycles. The normalized spacial score (nSPS) is 10.8. The van der Waals surface area contributed by atoms with Crippen LogP contribution in [0.25, 0.3) is 5.52 Å². The van der Waals surface area contributed by atoms with Crippen LogP contribution in [0.5, 0.6) is 5.75 Å². The molecule has 0 bridgehead atoms. The third kappa shape index (κ3) is 3.13. The smallest absolute Gasteiger partial charge is 0.137 e. The minimum Gasteiger partial charge on any atom is -0.489 e. The van der Waals surface area contributed by atoms with Gasteiger partial charge in [-0.25, -0.2) is 4.52 Å². The summed E-state index contributed by atoms with van der Waals surface area (Å²) in [6.07, 6.45) is 3.19. The highest BCUT2D eigenvalue weighted by molar-refractivity contribution is 5.85. The molecular formula is C12H14ClN3O2. The van der Waals surface area contributed by atoms with Crippen molar-refractivity contribution in [3.63, 3.8) is 0 Å². The van der Waals surface area contributed by atoms with Gasteiger partial charge in [0.1, 0.15) is 18.4 Å². The van der Waals surface area contributed by atoms with Crippen molar-refractivity contribution in [1.29, 1.82) is 5.26 Å². The summed E-state index contributed by atoms with van der Waals surface area (Å²) in [5, 5.41) is 22.4. The molecule has 6 heteroatoms. The molecule has 0 fully saturated rings. The Hall–Kier alpha value is -1.77. The van der Waals surface area contributed by atoms with E-state index in [1.165, 1.54) is 6.20 Å². The summed E-state index contributed by atoms with van der Waals surface area (Å²) in [5.74, 6) is 0.604. The molecule has 0 saturated carbocycles. The Kier molecular flexibility index (Phi) is 4.17. The number of pyridine rings is 1. The Morgan fingerprint density at radius 3 is 2.83 bits per heavy atom. The molecule has 1 N–H and O–H groups in total. The van der Waals surface area contributed by atoms with Crippen LogP contribution in [0.1, 0.15) is 19.4 Å². The van der Waals surface area contributed by atoms with Gasteiger partial charge in [-0.1, -0.05) is 0 Å². The minimum absolute atomic E-state index is 0. The van der Waals surface area contributed by atoms with Crippen molar-refractivity contribution >= 4 is 17.9 Å². The summed E-state index contributed by atoms with van der Waals surface area (Å²) in [6, 6.07) is 5.58. The summed E-state index contributed by atoms with van der Waals surface area (Å²) in [6.45, 7) is 3.55. The molecule has 2 rings (SSSR count). The Morgan fingerprint density at radius 1 is 1.50 bits per heavy atom. The maximum atomic E-state index is 9.54.